The Hall–Kier alpha value is -0.870. The minimum atomic E-state index is -3.12. The van der Waals surface area contributed by atoms with Crippen LogP contribution in [0, 0.1) is 0 Å². The van der Waals surface area contributed by atoms with E-state index in [9.17, 15) is 8.42 Å². The van der Waals surface area contributed by atoms with Crippen molar-refractivity contribution in [3.63, 3.8) is 0 Å². The third-order valence-electron chi connectivity index (χ3n) is 3.06. The highest BCUT2D eigenvalue weighted by molar-refractivity contribution is 7.91. The second kappa shape index (κ2) is 4.18. The molecule has 1 atom stereocenters. The van der Waals surface area contributed by atoms with E-state index in [1.807, 2.05) is 31.2 Å². The molecule has 1 aromatic rings. The lowest BCUT2D eigenvalue weighted by Crippen LogP contribution is -2.28. The summed E-state index contributed by atoms with van der Waals surface area (Å²) in [5, 5.41) is 0. The fourth-order valence-corrected chi connectivity index (χ4v) is 1.97. The summed E-state index contributed by atoms with van der Waals surface area (Å²) in [7, 11) is -3.12. The predicted octanol–water partition coefficient (Wildman–Crippen LogP) is 1.99. The molecule has 1 unspecified atom stereocenters. The molecule has 0 aliphatic heterocycles. The number of rotatable bonds is 3. The average molecular weight is 241 g/mol. The van der Waals surface area contributed by atoms with Crippen LogP contribution in [0.2, 0.25) is 0 Å². The van der Waals surface area contributed by atoms with Gasteiger partial charge >= 0.3 is 0 Å². The second-order valence-corrected chi connectivity index (χ2v) is 7.26. The maximum absolute atomic E-state index is 11.6. The summed E-state index contributed by atoms with van der Waals surface area (Å²) >= 11 is 0. The molecular formula is C12H19NO2S. The van der Waals surface area contributed by atoms with Gasteiger partial charge in [-0.05, 0) is 31.9 Å². The lowest BCUT2D eigenvalue weighted by Gasteiger charge is -2.23. The van der Waals surface area contributed by atoms with E-state index in [1.165, 1.54) is 6.26 Å². The molecule has 0 heterocycles. The molecule has 0 aliphatic carbocycles. The zero-order valence-electron chi connectivity index (χ0n) is 10.2. The van der Waals surface area contributed by atoms with Gasteiger partial charge < -0.3 is 5.73 Å². The van der Waals surface area contributed by atoms with Crippen molar-refractivity contribution in [3.05, 3.63) is 35.4 Å². The van der Waals surface area contributed by atoms with E-state index in [1.54, 1.807) is 13.8 Å². The normalized spacial score (nSPS) is 14.8. The summed E-state index contributed by atoms with van der Waals surface area (Å²) in [6.45, 7) is 5.32. The summed E-state index contributed by atoms with van der Waals surface area (Å²) in [4.78, 5) is 0. The molecule has 0 spiro atoms. The summed E-state index contributed by atoms with van der Waals surface area (Å²) in [5.41, 5.74) is 7.54. The van der Waals surface area contributed by atoms with Gasteiger partial charge in [0.05, 0.1) is 4.75 Å². The Balaban J connectivity index is 3.17. The van der Waals surface area contributed by atoms with E-state index in [2.05, 4.69) is 0 Å². The molecule has 0 amide bonds. The summed E-state index contributed by atoms with van der Waals surface area (Å²) in [6, 6.07) is 7.40. The number of hydrogen-bond donors (Lipinski definition) is 1. The molecule has 0 bridgehead atoms. The van der Waals surface area contributed by atoms with Crippen LogP contribution in [-0.2, 0) is 14.6 Å². The fraction of sp³-hybridized carbons (Fsp3) is 0.500. The first-order valence-corrected chi connectivity index (χ1v) is 7.11. The van der Waals surface area contributed by atoms with Gasteiger partial charge in [-0.3, -0.25) is 0 Å². The molecule has 3 nitrogen and oxygen atoms in total. The molecule has 0 aliphatic rings. The molecule has 0 radical (unpaired) electrons. The monoisotopic (exact) mass is 241 g/mol. The van der Waals surface area contributed by atoms with Crippen molar-refractivity contribution in [2.24, 2.45) is 5.73 Å². The quantitative estimate of drug-likeness (QED) is 0.880. The van der Waals surface area contributed by atoms with Gasteiger partial charge in [0.2, 0.25) is 0 Å². The number of nitrogens with two attached hydrogens (primary N) is 1. The highest BCUT2D eigenvalue weighted by Crippen LogP contribution is 2.29. The van der Waals surface area contributed by atoms with Crippen molar-refractivity contribution in [1.29, 1.82) is 0 Å². The fourth-order valence-electron chi connectivity index (χ4n) is 1.40. The Kier molecular flexibility index (Phi) is 3.45. The van der Waals surface area contributed by atoms with Crippen molar-refractivity contribution >= 4 is 9.84 Å². The van der Waals surface area contributed by atoms with Crippen LogP contribution in [0.1, 0.15) is 37.9 Å². The lowest BCUT2D eigenvalue weighted by molar-refractivity contribution is 0.561. The van der Waals surface area contributed by atoms with E-state index in [0.717, 1.165) is 11.1 Å². The number of hydrogen-bond acceptors (Lipinski definition) is 3. The smallest absolute Gasteiger partial charge is 0.156 e. The van der Waals surface area contributed by atoms with Gasteiger partial charge in [-0.15, -0.1) is 0 Å². The third-order valence-corrected chi connectivity index (χ3v) is 5.15. The molecule has 4 heteroatoms. The van der Waals surface area contributed by atoms with E-state index in [4.69, 9.17) is 5.73 Å². The molecule has 2 N–H and O–H groups in total. The molecule has 16 heavy (non-hydrogen) atoms. The number of benzene rings is 1. The Morgan fingerprint density at radius 3 is 1.94 bits per heavy atom. The standard InChI is InChI=1S/C12H19NO2S/c1-9(13)10-5-7-11(8-6-10)12(2,3)16(4,14)15/h5-9H,13H2,1-4H3. The summed E-state index contributed by atoms with van der Waals surface area (Å²) < 4.78 is 22.4. The molecule has 1 aromatic carbocycles. The van der Waals surface area contributed by atoms with Crippen molar-refractivity contribution in [3.8, 4) is 0 Å². The topological polar surface area (TPSA) is 60.2 Å². The Morgan fingerprint density at radius 2 is 1.62 bits per heavy atom. The van der Waals surface area contributed by atoms with Crippen LogP contribution in [0.25, 0.3) is 0 Å². The van der Waals surface area contributed by atoms with Crippen molar-refractivity contribution in [2.45, 2.75) is 31.6 Å². The first-order valence-electron chi connectivity index (χ1n) is 5.22. The van der Waals surface area contributed by atoms with Gasteiger partial charge in [-0.1, -0.05) is 24.3 Å². The number of sulfone groups is 1. The molecule has 0 saturated carbocycles. The molecule has 0 fully saturated rings. The first-order chi connectivity index (χ1) is 7.16. The van der Waals surface area contributed by atoms with Crippen molar-refractivity contribution in [1.82, 2.24) is 0 Å². The summed E-state index contributed by atoms with van der Waals surface area (Å²) in [6.07, 6.45) is 1.26. The third kappa shape index (κ3) is 2.44. The zero-order valence-corrected chi connectivity index (χ0v) is 11.0. The molecule has 0 aromatic heterocycles. The first kappa shape index (κ1) is 13.2. The second-order valence-electron chi connectivity index (χ2n) is 4.69. The van der Waals surface area contributed by atoms with Gasteiger partial charge in [0.25, 0.3) is 0 Å². The largest absolute Gasteiger partial charge is 0.324 e. The van der Waals surface area contributed by atoms with Crippen LogP contribution in [0.3, 0.4) is 0 Å². The predicted molar refractivity (Wildman–Crippen MR) is 66.9 cm³/mol. The SMILES string of the molecule is CC(N)c1ccc(C(C)(C)S(C)(=O)=O)cc1. The van der Waals surface area contributed by atoms with Crippen LogP contribution in [0.5, 0.6) is 0 Å². The lowest BCUT2D eigenvalue weighted by atomic mass is 9.99. The van der Waals surface area contributed by atoms with Crippen LogP contribution >= 0.6 is 0 Å². The van der Waals surface area contributed by atoms with E-state index < -0.39 is 14.6 Å². The van der Waals surface area contributed by atoms with Crippen molar-refractivity contribution < 1.29 is 8.42 Å². The molecule has 1 rings (SSSR count). The van der Waals surface area contributed by atoms with E-state index in [0.29, 0.717) is 0 Å². The summed E-state index contributed by atoms with van der Waals surface area (Å²) in [5.74, 6) is 0. The maximum Gasteiger partial charge on any atom is 0.156 e. The molecular weight excluding hydrogens is 222 g/mol. The van der Waals surface area contributed by atoms with Crippen LogP contribution in [0.15, 0.2) is 24.3 Å². The van der Waals surface area contributed by atoms with Crippen LogP contribution in [-0.4, -0.2) is 14.7 Å². The molecule has 90 valence electrons. The Bertz CT molecular complexity index is 458. The van der Waals surface area contributed by atoms with Gasteiger partial charge in [-0.25, -0.2) is 8.42 Å². The average Bonchev–Trinajstić information content (AvgIpc) is 2.16. The van der Waals surface area contributed by atoms with E-state index >= 15 is 0 Å². The van der Waals surface area contributed by atoms with Gasteiger partial charge in [0.15, 0.2) is 9.84 Å². The van der Waals surface area contributed by atoms with Gasteiger partial charge in [0, 0.05) is 12.3 Å². The van der Waals surface area contributed by atoms with Gasteiger partial charge in [-0.2, -0.15) is 0 Å². The van der Waals surface area contributed by atoms with E-state index in [-0.39, 0.29) is 6.04 Å². The van der Waals surface area contributed by atoms with Crippen LogP contribution < -0.4 is 5.73 Å². The Morgan fingerprint density at radius 1 is 1.19 bits per heavy atom. The van der Waals surface area contributed by atoms with Gasteiger partial charge in [0.1, 0.15) is 0 Å². The Labute approximate surface area is 97.6 Å². The minimum Gasteiger partial charge on any atom is -0.324 e. The maximum atomic E-state index is 11.6. The minimum absolute atomic E-state index is 0.0320. The highest BCUT2D eigenvalue weighted by Gasteiger charge is 2.31. The van der Waals surface area contributed by atoms with Crippen molar-refractivity contribution in [2.75, 3.05) is 6.26 Å². The van der Waals surface area contributed by atoms with Crippen LogP contribution in [0.4, 0.5) is 0 Å². The highest BCUT2D eigenvalue weighted by atomic mass is 32.2. The zero-order chi connectivity index (χ0) is 12.6. The molecule has 0 saturated heterocycles.